The van der Waals surface area contributed by atoms with Gasteiger partial charge in [0.15, 0.2) is 0 Å². The number of halogens is 1. The van der Waals surface area contributed by atoms with E-state index in [4.69, 9.17) is 5.73 Å². The molecule has 0 bridgehead atoms. The van der Waals surface area contributed by atoms with Gasteiger partial charge in [-0.1, -0.05) is 32.1 Å². The summed E-state index contributed by atoms with van der Waals surface area (Å²) in [6, 6.07) is 0. The minimum absolute atomic E-state index is 0. The van der Waals surface area contributed by atoms with Crippen LogP contribution in [0.1, 0.15) is 52.4 Å². The Morgan fingerprint density at radius 1 is 1.19 bits per heavy atom. The monoisotopic (exact) mass is 248 g/mol. The van der Waals surface area contributed by atoms with Gasteiger partial charge < -0.3 is 10.6 Å². The van der Waals surface area contributed by atoms with Crippen molar-refractivity contribution in [2.45, 2.75) is 57.9 Å². The highest BCUT2D eigenvalue weighted by Crippen LogP contribution is 2.26. The molecule has 0 aromatic heterocycles. The molecule has 0 aromatic rings. The fourth-order valence-corrected chi connectivity index (χ4v) is 2.65. The van der Waals surface area contributed by atoms with E-state index >= 15 is 0 Å². The van der Waals surface area contributed by atoms with Crippen LogP contribution >= 0.6 is 12.4 Å². The minimum Gasteiger partial charge on any atom is -0.324 e. The van der Waals surface area contributed by atoms with Crippen LogP contribution in [0.5, 0.6) is 0 Å². The van der Waals surface area contributed by atoms with Crippen LogP contribution in [-0.2, 0) is 0 Å². The lowest BCUT2D eigenvalue weighted by atomic mass is 9.87. The van der Waals surface area contributed by atoms with E-state index in [0.717, 1.165) is 12.5 Å². The molecule has 1 aliphatic rings. The smallest absolute Gasteiger partial charge is 0.0225 e. The van der Waals surface area contributed by atoms with Crippen LogP contribution in [0, 0.1) is 5.92 Å². The highest BCUT2D eigenvalue weighted by atomic mass is 35.5. The quantitative estimate of drug-likeness (QED) is 0.811. The van der Waals surface area contributed by atoms with Gasteiger partial charge in [-0.05, 0) is 39.8 Å². The second kappa shape index (κ2) is 7.52. The molecule has 0 spiro atoms. The number of nitrogens with two attached hydrogens (primary N) is 1. The van der Waals surface area contributed by atoms with Crippen LogP contribution in [-0.4, -0.2) is 30.6 Å². The molecular formula is C13H29ClN2. The standard InChI is InChI=1S/C13H28N2.ClH/c1-13(2,14)11-15(3)10-9-12-7-5-4-6-8-12;/h12H,4-11,14H2,1-3H3;1H. The lowest BCUT2D eigenvalue weighted by Gasteiger charge is -2.29. The van der Waals surface area contributed by atoms with Crippen molar-refractivity contribution in [2.75, 3.05) is 20.1 Å². The SMILES string of the molecule is CN(CCC1CCCCC1)CC(C)(C)N.Cl. The zero-order chi connectivity index (χ0) is 11.3. The van der Waals surface area contributed by atoms with Gasteiger partial charge in [0.1, 0.15) is 0 Å². The summed E-state index contributed by atoms with van der Waals surface area (Å²) < 4.78 is 0. The first-order valence-corrected chi connectivity index (χ1v) is 6.45. The lowest BCUT2D eigenvalue weighted by Crippen LogP contribution is -2.44. The summed E-state index contributed by atoms with van der Waals surface area (Å²) in [4.78, 5) is 2.38. The summed E-state index contributed by atoms with van der Waals surface area (Å²) >= 11 is 0. The summed E-state index contributed by atoms with van der Waals surface area (Å²) in [6.07, 6.45) is 8.65. The Balaban J connectivity index is 0.00000225. The minimum atomic E-state index is -0.0543. The number of hydrogen-bond donors (Lipinski definition) is 1. The Labute approximate surface area is 107 Å². The van der Waals surface area contributed by atoms with Gasteiger partial charge in [-0.15, -0.1) is 12.4 Å². The van der Waals surface area contributed by atoms with Gasteiger partial charge >= 0.3 is 0 Å². The van der Waals surface area contributed by atoms with E-state index in [1.807, 2.05) is 0 Å². The zero-order valence-corrected chi connectivity index (χ0v) is 12.0. The first-order valence-electron chi connectivity index (χ1n) is 6.45. The van der Waals surface area contributed by atoms with Crippen molar-refractivity contribution >= 4 is 12.4 Å². The van der Waals surface area contributed by atoms with Crippen LogP contribution < -0.4 is 5.73 Å². The highest BCUT2D eigenvalue weighted by molar-refractivity contribution is 5.85. The molecule has 0 saturated heterocycles. The Hall–Kier alpha value is 0.210. The van der Waals surface area contributed by atoms with Gasteiger partial charge in [0, 0.05) is 12.1 Å². The third-order valence-electron chi connectivity index (χ3n) is 3.32. The third kappa shape index (κ3) is 7.48. The number of hydrogen-bond acceptors (Lipinski definition) is 2. The van der Waals surface area contributed by atoms with Crippen molar-refractivity contribution in [1.29, 1.82) is 0 Å². The molecule has 0 radical (unpaired) electrons. The van der Waals surface area contributed by atoms with E-state index in [1.165, 1.54) is 45.1 Å². The summed E-state index contributed by atoms with van der Waals surface area (Å²) in [5, 5.41) is 0. The van der Waals surface area contributed by atoms with Gasteiger partial charge in [0.25, 0.3) is 0 Å². The van der Waals surface area contributed by atoms with Crippen LogP contribution in [0.25, 0.3) is 0 Å². The molecule has 0 unspecified atom stereocenters. The zero-order valence-electron chi connectivity index (χ0n) is 11.2. The summed E-state index contributed by atoms with van der Waals surface area (Å²) in [5.41, 5.74) is 5.95. The van der Waals surface area contributed by atoms with Crippen LogP contribution in [0.15, 0.2) is 0 Å². The molecule has 16 heavy (non-hydrogen) atoms. The molecule has 3 heteroatoms. The Morgan fingerprint density at radius 2 is 1.75 bits per heavy atom. The number of nitrogens with zero attached hydrogens (tertiary/aromatic N) is 1. The molecule has 98 valence electrons. The molecule has 1 aliphatic carbocycles. The van der Waals surface area contributed by atoms with Gasteiger partial charge in [-0.2, -0.15) is 0 Å². The largest absolute Gasteiger partial charge is 0.324 e. The Kier molecular flexibility index (Phi) is 7.62. The first kappa shape index (κ1) is 16.2. The van der Waals surface area contributed by atoms with E-state index in [1.54, 1.807) is 0 Å². The van der Waals surface area contributed by atoms with Crippen LogP contribution in [0.2, 0.25) is 0 Å². The van der Waals surface area contributed by atoms with Crippen LogP contribution in [0.3, 0.4) is 0 Å². The maximum atomic E-state index is 6.00. The van der Waals surface area contributed by atoms with E-state index in [2.05, 4.69) is 25.8 Å². The molecule has 1 saturated carbocycles. The molecule has 0 heterocycles. The van der Waals surface area contributed by atoms with Crippen molar-refractivity contribution < 1.29 is 0 Å². The van der Waals surface area contributed by atoms with Crippen molar-refractivity contribution in [3.63, 3.8) is 0 Å². The third-order valence-corrected chi connectivity index (χ3v) is 3.32. The number of likely N-dealkylation sites (N-methyl/N-ethyl adjacent to an activating group) is 1. The summed E-state index contributed by atoms with van der Waals surface area (Å²) in [6.45, 7) is 6.42. The van der Waals surface area contributed by atoms with Crippen molar-refractivity contribution in [3.8, 4) is 0 Å². The molecule has 2 nitrogen and oxygen atoms in total. The Bertz CT molecular complexity index is 171. The second-order valence-electron chi connectivity index (χ2n) is 6.02. The fraction of sp³-hybridized carbons (Fsp3) is 1.00. The summed E-state index contributed by atoms with van der Waals surface area (Å²) in [7, 11) is 2.19. The average Bonchev–Trinajstić information content (AvgIpc) is 2.14. The maximum Gasteiger partial charge on any atom is 0.0225 e. The van der Waals surface area contributed by atoms with E-state index in [9.17, 15) is 0 Å². The predicted octanol–water partition coefficient (Wildman–Crippen LogP) is 3.05. The van der Waals surface area contributed by atoms with E-state index in [-0.39, 0.29) is 17.9 Å². The van der Waals surface area contributed by atoms with Gasteiger partial charge in [0.2, 0.25) is 0 Å². The molecule has 2 N–H and O–H groups in total. The van der Waals surface area contributed by atoms with Crippen molar-refractivity contribution in [3.05, 3.63) is 0 Å². The molecule has 0 aromatic carbocycles. The van der Waals surface area contributed by atoms with Crippen LogP contribution in [0.4, 0.5) is 0 Å². The maximum absolute atomic E-state index is 6.00. The normalized spacial score (nSPS) is 18.6. The molecule has 1 rings (SSSR count). The van der Waals surface area contributed by atoms with E-state index < -0.39 is 0 Å². The van der Waals surface area contributed by atoms with Gasteiger partial charge in [0.05, 0.1) is 0 Å². The van der Waals surface area contributed by atoms with Crippen molar-refractivity contribution in [2.24, 2.45) is 11.7 Å². The van der Waals surface area contributed by atoms with Crippen molar-refractivity contribution in [1.82, 2.24) is 4.90 Å². The highest BCUT2D eigenvalue weighted by Gasteiger charge is 2.16. The Morgan fingerprint density at radius 3 is 2.25 bits per heavy atom. The topological polar surface area (TPSA) is 29.3 Å². The lowest BCUT2D eigenvalue weighted by molar-refractivity contribution is 0.233. The molecule has 0 amide bonds. The predicted molar refractivity (Wildman–Crippen MR) is 74.2 cm³/mol. The molecule has 0 aliphatic heterocycles. The molecule has 1 fully saturated rings. The molecular weight excluding hydrogens is 220 g/mol. The first-order chi connectivity index (χ1) is 6.97. The van der Waals surface area contributed by atoms with Gasteiger partial charge in [-0.25, -0.2) is 0 Å². The number of rotatable bonds is 5. The second-order valence-corrected chi connectivity index (χ2v) is 6.02. The fourth-order valence-electron chi connectivity index (χ4n) is 2.65. The van der Waals surface area contributed by atoms with E-state index in [0.29, 0.717) is 0 Å². The average molecular weight is 249 g/mol. The molecule has 0 atom stereocenters. The van der Waals surface area contributed by atoms with Gasteiger partial charge in [-0.3, -0.25) is 0 Å². The summed E-state index contributed by atoms with van der Waals surface area (Å²) in [5.74, 6) is 0.988.